The van der Waals surface area contributed by atoms with Crippen LogP contribution in [0.2, 0.25) is 0 Å². The van der Waals surface area contributed by atoms with E-state index >= 15 is 4.39 Å². The third-order valence-corrected chi connectivity index (χ3v) is 5.06. The molecule has 1 aliphatic carbocycles. The average molecular weight is 381 g/mol. The number of hydrogen-bond donors (Lipinski definition) is 1. The number of aromatic nitrogens is 2. The first-order valence-electron chi connectivity index (χ1n) is 9.19. The van der Waals surface area contributed by atoms with E-state index in [2.05, 4.69) is 4.98 Å². The molecule has 6 nitrogen and oxygen atoms in total. The fourth-order valence-corrected chi connectivity index (χ4v) is 3.62. The van der Waals surface area contributed by atoms with Crippen LogP contribution < -0.4 is 11.3 Å². The number of pyridine rings is 3. The lowest BCUT2D eigenvalue weighted by Crippen LogP contribution is -2.25. The van der Waals surface area contributed by atoms with Gasteiger partial charge < -0.3 is 10.5 Å². The third kappa shape index (κ3) is 2.93. The van der Waals surface area contributed by atoms with Gasteiger partial charge in [-0.25, -0.2) is 14.2 Å². The molecule has 7 heteroatoms. The van der Waals surface area contributed by atoms with Crippen molar-refractivity contribution >= 4 is 17.3 Å². The number of halogens is 1. The minimum absolute atomic E-state index is 0.0676. The van der Waals surface area contributed by atoms with Crippen molar-refractivity contribution < 1.29 is 13.9 Å². The van der Waals surface area contributed by atoms with Crippen molar-refractivity contribution in [1.82, 2.24) is 9.38 Å². The predicted octanol–water partition coefficient (Wildman–Crippen LogP) is 3.45. The largest absolute Gasteiger partial charge is 0.462 e. The van der Waals surface area contributed by atoms with E-state index in [0.717, 1.165) is 24.6 Å². The number of aryl methyl sites for hydroxylation is 1. The van der Waals surface area contributed by atoms with Gasteiger partial charge in [0.05, 0.1) is 12.1 Å². The molecule has 4 rings (SSSR count). The molecule has 28 heavy (non-hydrogen) atoms. The quantitative estimate of drug-likeness (QED) is 0.700. The molecule has 3 aromatic heterocycles. The summed E-state index contributed by atoms with van der Waals surface area (Å²) in [6, 6.07) is 4.92. The van der Waals surface area contributed by atoms with Crippen molar-refractivity contribution in [1.29, 1.82) is 0 Å². The number of ether oxygens (including phenoxy) is 1. The fourth-order valence-electron chi connectivity index (χ4n) is 3.62. The van der Waals surface area contributed by atoms with Gasteiger partial charge in [-0.15, -0.1) is 0 Å². The Morgan fingerprint density at radius 2 is 2.14 bits per heavy atom. The van der Waals surface area contributed by atoms with Crippen LogP contribution in [0.15, 0.2) is 35.4 Å². The Kier molecular flexibility index (Phi) is 4.37. The van der Waals surface area contributed by atoms with Crippen LogP contribution in [-0.2, 0) is 4.74 Å². The number of nitrogen functional groups attached to an aromatic ring is 1. The Morgan fingerprint density at radius 1 is 1.39 bits per heavy atom. The van der Waals surface area contributed by atoms with Gasteiger partial charge in [-0.2, -0.15) is 0 Å². The Morgan fingerprint density at radius 3 is 2.75 bits per heavy atom. The summed E-state index contributed by atoms with van der Waals surface area (Å²) < 4.78 is 21.3. The van der Waals surface area contributed by atoms with Crippen LogP contribution in [0.25, 0.3) is 16.6 Å². The Labute approximate surface area is 160 Å². The van der Waals surface area contributed by atoms with E-state index in [0.29, 0.717) is 28.0 Å². The molecule has 0 aliphatic heterocycles. The summed E-state index contributed by atoms with van der Waals surface area (Å²) in [5.41, 5.74) is 8.07. The molecule has 1 aliphatic rings. The van der Waals surface area contributed by atoms with E-state index in [4.69, 9.17) is 10.5 Å². The smallest absolute Gasteiger partial charge is 0.343 e. The molecule has 1 fully saturated rings. The summed E-state index contributed by atoms with van der Waals surface area (Å²) in [6.45, 7) is 3.62. The van der Waals surface area contributed by atoms with Crippen LogP contribution in [-0.4, -0.2) is 22.0 Å². The van der Waals surface area contributed by atoms with Crippen molar-refractivity contribution in [3.8, 4) is 11.1 Å². The number of nitrogens with two attached hydrogens (primary N) is 1. The third-order valence-electron chi connectivity index (χ3n) is 5.06. The number of nitrogens with zero attached hydrogens (tertiary/aromatic N) is 2. The molecule has 0 amide bonds. The zero-order chi connectivity index (χ0) is 20.0. The van der Waals surface area contributed by atoms with Gasteiger partial charge in [0.25, 0.3) is 5.56 Å². The van der Waals surface area contributed by atoms with Crippen LogP contribution in [0.3, 0.4) is 0 Å². The molecule has 144 valence electrons. The van der Waals surface area contributed by atoms with Gasteiger partial charge in [0.1, 0.15) is 17.2 Å². The normalized spacial score (nSPS) is 13.7. The second-order valence-electron chi connectivity index (χ2n) is 6.98. The fraction of sp³-hybridized carbons (Fsp3) is 0.286. The van der Waals surface area contributed by atoms with Gasteiger partial charge >= 0.3 is 5.97 Å². The molecule has 3 aromatic rings. The van der Waals surface area contributed by atoms with Crippen LogP contribution in [0.4, 0.5) is 10.2 Å². The highest BCUT2D eigenvalue weighted by atomic mass is 19.1. The lowest BCUT2D eigenvalue weighted by Gasteiger charge is -2.16. The second kappa shape index (κ2) is 6.74. The van der Waals surface area contributed by atoms with E-state index in [-0.39, 0.29) is 18.1 Å². The van der Waals surface area contributed by atoms with Gasteiger partial charge in [0, 0.05) is 23.5 Å². The van der Waals surface area contributed by atoms with Crippen molar-refractivity contribution in [3.05, 3.63) is 63.5 Å². The second-order valence-corrected chi connectivity index (χ2v) is 6.98. The molecule has 0 saturated heterocycles. The number of carbonyl (C=O) groups is 1. The molecule has 0 spiro atoms. The molecular weight excluding hydrogens is 361 g/mol. The van der Waals surface area contributed by atoms with E-state index < -0.39 is 17.3 Å². The Bertz CT molecular complexity index is 1150. The molecular formula is C21H20FN3O3. The first kappa shape index (κ1) is 18.2. The van der Waals surface area contributed by atoms with Gasteiger partial charge in [-0.05, 0) is 61.9 Å². The number of hydrogen-bond acceptors (Lipinski definition) is 5. The van der Waals surface area contributed by atoms with Gasteiger partial charge in [0.2, 0.25) is 0 Å². The molecule has 0 unspecified atom stereocenters. The summed E-state index contributed by atoms with van der Waals surface area (Å²) in [6.07, 6.45) is 4.58. The zero-order valence-electron chi connectivity index (χ0n) is 15.7. The summed E-state index contributed by atoms with van der Waals surface area (Å²) in [5, 5.41) is 0. The van der Waals surface area contributed by atoms with Gasteiger partial charge in [0.15, 0.2) is 0 Å². The number of rotatable bonds is 4. The van der Waals surface area contributed by atoms with Crippen molar-refractivity contribution in [3.63, 3.8) is 0 Å². The Hall–Kier alpha value is -3.22. The van der Waals surface area contributed by atoms with Crippen LogP contribution >= 0.6 is 0 Å². The SMILES string of the molecule is CCOC(=O)c1cc(C2CC2)c2c(C)c(-c3ccc(N)nc3)c(F)cn2c1=O. The molecule has 1 saturated carbocycles. The maximum absolute atomic E-state index is 15.0. The molecule has 3 heterocycles. The number of fused-ring (bicyclic) bond motifs is 1. The minimum atomic E-state index is -0.686. The minimum Gasteiger partial charge on any atom is -0.462 e. The maximum Gasteiger partial charge on any atom is 0.343 e. The van der Waals surface area contributed by atoms with Crippen LogP contribution in [0, 0.1) is 12.7 Å². The Balaban J connectivity index is 2.04. The van der Waals surface area contributed by atoms with E-state index in [9.17, 15) is 9.59 Å². The average Bonchev–Trinajstić information content (AvgIpc) is 3.49. The van der Waals surface area contributed by atoms with E-state index in [1.807, 2.05) is 0 Å². The first-order chi connectivity index (χ1) is 13.4. The highest BCUT2D eigenvalue weighted by molar-refractivity contribution is 5.91. The predicted molar refractivity (Wildman–Crippen MR) is 104 cm³/mol. The number of carbonyl (C=O) groups excluding carboxylic acids is 1. The van der Waals surface area contributed by atoms with Crippen molar-refractivity contribution in [2.45, 2.75) is 32.6 Å². The monoisotopic (exact) mass is 381 g/mol. The summed E-state index contributed by atoms with van der Waals surface area (Å²) in [5.74, 6) is -0.669. The number of esters is 1. The summed E-state index contributed by atoms with van der Waals surface area (Å²) in [7, 11) is 0. The zero-order valence-corrected chi connectivity index (χ0v) is 15.7. The maximum atomic E-state index is 15.0. The van der Waals surface area contributed by atoms with Crippen molar-refractivity contribution in [2.75, 3.05) is 12.3 Å². The van der Waals surface area contributed by atoms with E-state index in [1.165, 1.54) is 10.6 Å². The molecule has 0 atom stereocenters. The van der Waals surface area contributed by atoms with Crippen LogP contribution in [0.1, 0.15) is 47.2 Å². The first-order valence-corrected chi connectivity index (χ1v) is 9.19. The lowest BCUT2D eigenvalue weighted by molar-refractivity contribution is 0.0524. The van der Waals surface area contributed by atoms with Gasteiger partial charge in [-0.1, -0.05) is 0 Å². The number of anilines is 1. The highest BCUT2D eigenvalue weighted by Crippen LogP contribution is 2.43. The van der Waals surface area contributed by atoms with Gasteiger partial charge in [-0.3, -0.25) is 9.20 Å². The topological polar surface area (TPSA) is 86.7 Å². The van der Waals surface area contributed by atoms with Crippen LogP contribution in [0.5, 0.6) is 0 Å². The summed E-state index contributed by atoms with van der Waals surface area (Å²) >= 11 is 0. The summed E-state index contributed by atoms with van der Waals surface area (Å²) in [4.78, 5) is 29.2. The standard InChI is InChI=1S/C21H20FN3O3/c1-3-28-21(27)15-8-14(12-4-5-12)19-11(2)18(13-6-7-17(23)24-9-13)16(22)10-25(19)20(15)26/h6-10,12H,3-5H2,1-2H3,(H2,23,24). The molecule has 0 aromatic carbocycles. The lowest BCUT2D eigenvalue weighted by atomic mass is 9.97. The molecule has 0 bridgehead atoms. The molecule has 2 N–H and O–H groups in total. The van der Waals surface area contributed by atoms with E-state index in [1.54, 1.807) is 32.0 Å². The molecule has 0 radical (unpaired) electrons. The highest BCUT2D eigenvalue weighted by Gasteiger charge is 2.30. The van der Waals surface area contributed by atoms with Crippen molar-refractivity contribution in [2.24, 2.45) is 0 Å².